The molecule has 100 valence electrons. The second-order valence-corrected chi connectivity index (χ2v) is 5.25. The molecule has 0 amide bonds. The van der Waals surface area contributed by atoms with Gasteiger partial charge in [-0.1, -0.05) is 60.7 Å². The molecule has 19 heavy (non-hydrogen) atoms. The summed E-state index contributed by atoms with van der Waals surface area (Å²) in [6, 6.07) is 22.0. The highest BCUT2D eigenvalue weighted by Crippen LogP contribution is 2.08. The van der Waals surface area contributed by atoms with Gasteiger partial charge in [0.25, 0.3) is 0 Å². The first-order valence-corrected chi connectivity index (χ1v) is 7.04. The molecule has 0 aliphatic heterocycles. The zero-order valence-electron chi connectivity index (χ0n) is 11.9. The number of hydrogen-bond donors (Lipinski definition) is 0. The van der Waals surface area contributed by atoms with Crippen LogP contribution in [0.4, 0.5) is 0 Å². The number of nitrogens with zero attached hydrogens (tertiary/aromatic N) is 1. The van der Waals surface area contributed by atoms with Gasteiger partial charge in [0.15, 0.2) is 0 Å². The predicted octanol–water partition coefficient (Wildman–Crippen LogP) is 3.79. The summed E-state index contributed by atoms with van der Waals surface area (Å²) in [5.41, 5.74) is 2.84. The van der Waals surface area contributed by atoms with Gasteiger partial charge in [-0.2, -0.15) is 0 Å². The van der Waals surface area contributed by atoms with Crippen molar-refractivity contribution in [3.05, 3.63) is 71.8 Å². The molecule has 2 rings (SSSR count). The lowest BCUT2D eigenvalue weighted by atomic mass is 10.1. The van der Waals surface area contributed by atoms with Crippen molar-refractivity contribution in [1.29, 1.82) is 0 Å². The van der Waals surface area contributed by atoms with Gasteiger partial charge in [0.2, 0.25) is 0 Å². The second kappa shape index (κ2) is 7.10. The van der Waals surface area contributed by atoms with E-state index in [2.05, 4.69) is 79.5 Å². The Balaban J connectivity index is 1.81. The van der Waals surface area contributed by atoms with Crippen molar-refractivity contribution in [1.82, 2.24) is 4.90 Å². The van der Waals surface area contributed by atoms with Crippen LogP contribution in [-0.4, -0.2) is 24.5 Å². The van der Waals surface area contributed by atoms with Crippen LogP contribution < -0.4 is 0 Å². The number of hydrogen-bond acceptors (Lipinski definition) is 1. The molecule has 1 heteroatoms. The zero-order valence-corrected chi connectivity index (χ0v) is 11.9. The summed E-state index contributed by atoms with van der Waals surface area (Å²) >= 11 is 0. The van der Waals surface area contributed by atoms with E-state index in [4.69, 9.17) is 0 Å². The van der Waals surface area contributed by atoms with Gasteiger partial charge < -0.3 is 4.90 Å². The predicted molar refractivity (Wildman–Crippen MR) is 82.4 cm³/mol. The molecule has 2 aromatic carbocycles. The molecule has 0 fully saturated rings. The van der Waals surface area contributed by atoms with Crippen molar-refractivity contribution >= 4 is 0 Å². The Kier molecular flexibility index (Phi) is 5.17. The van der Waals surface area contributed by atoms with Crippen LogP contribution in [0.1, 0.15) is 18.1 Å². The minimum Gasteiger partial charge on any atom is -0.303 e. The van der Waals surface area contributed by atoms with Crippen LogP contribution in [-0.2, 0) is 12.8 Å². The second-order valence-electron chi connectivity index (χ2n) is 5.25. The molecule has 0 radical (unpaired) electrons. The van der Waals surface area contributed by atoms with Gasteiger partial charge in [-0.15, -0.1) is 0 Å². The first-order valence-electron chi connectivity index (χ1n) is 7.04. The average Bonchev–Trinajstić information content (AvgIpc) is 2.47. The van der Waals surface area contributed by atoms with Gasteiger partial charge in [0.05, 0.1) is 0 Å². The van der Waals surface area contributed by atoms with E-state index in [0.29, 0.717) is 6.04 Å². The molecule has 0 unspecified atom stereocenters. The quantitative estimate of drug-likeness (QED) is 0.757. The Morgan fingerprint density at radius 2 is 1.37 bits per heavy atom. The van der Waals surface area contributed by atoms with Crippen LogP contribution in [0.2, 0.25) is 0 Å². The van der Waals surface area contributed by atoms with Crippen molar-refractivity contribution in [2.45, 2.75) is 25.8 Å². The molecular formula is C18H23N. The molecule has 0 heterocycles. The average molecular weight is 253 g/mol. The van der Waals surface area contributed by atoms with E-state index in [1.807, 2.05) is 0 Å². The van der Waals surface area contributed by atoms with Crippen LogP contribution >= 0.6 is 0 Å². The third-order valence-corrected chi connectivity index (χ3v) is 3.72. The molecule has 0 spiro atoms. The molecule has 2 aromatic rings. The third-order valence-electron chi connectivity index (χ3n) is 3.72. The van der Waals surface area contributed by atoms with Crippen molar-refractivity contribution in [3.63, 3.8) is 0 Å². The first-order chi connectivity index (χ1) is 9.25. The highest BCUT2D eigenvalue weighted by molar-refractivity contribution is 5.16. The molecule has 1 nitrogen and oxygen atoms in total. The summed E-state index contributed by atoms with van der Waals surface area (Å²) in [6.45, 7) is 3.41. The standard InChI is InChI=1S/C18H23N/c1-16(15-18-11-7-4-8-12-18)19(2)14-13-17-9-5-3-6-10-17/h3-12,16H,13-15H2,1-2H3/t16-/m1/s1. The van der Waals surface area contributed by atoms with Gasteiger partial charge in [-0.3, -0.25) is 0 Å². The van der Waals surface area contributed by atoms with E-state index in [1.165, 1.54) is 11.1 Å². The molecule has 1 atom stereocenters. The maximum Gasteiger partial charge on any atom is 0.0104 e. The fourth-order valence-electron chi connectivity index (χ4n) is 2.28. The minimum absolute atomic E-state index is 0.575. The summed E-state index contributed by atoms with van der Waals surface area (Å²) in [6.07, 6.45) is 2.24. The minimum atomic E-state index is 0.575. The Morgan fingerprint density at radius 1 is 0.842 bits per heavy atom. The molecule has 0 aliphatic rings. The van der Waals surface area contributed by atoms with E-state index in [0.717, 1.165) is 19.4 Å². The maximum atomic E-state index is 2.44. The van der Waals surface area contributed by atoms with E-state index >= 15 is 0 Å². The van der Waals surface area contributed by atoms with Crippen LogP contribution in [0.3, 0.4) is 0 Å². The van der Waals surface area contributed by atoms with Gasteiger partial charge in [-0.25, -0.2) is 0 Å². The van der Waals surface area contributed by atoms with Gasteiger partial charge in [0, 0.05) is 12.6 Å². The van der Waals surface area contributed by atoms with Gasteiger partial charge in [0.1, 0.15) is 0 Å². The summed E-state index contributed by atoms with van der Waals surface area (Å²) in [7, 11) is 2.22. The molecule has 0 aliphatic carbocycles. The number of likely N-dealkylation sites (N-methyl/N-ethyl adjacent to an activating group) is 1. The first kappa shape index (κ1) is 13.8. The van der Waals surface area contributed by atoms with E-state index in [9.17, 15) is 0 Å². The van der Waals surface area contributed by atoms with Gasteiger partial charge in [-0.05, 0) is 37.9 Å². The van der Waals surface area contributed by atoms with Crippen LogP contribution in [0, 0.1) is 0 Å². The van der Waals surface area contributed by atoms with Crippen molar-refractivity contribution < 1.29 is 0 Å². The van der Waals surface area contributed by atoms with E-state index in [1.54, 1.807) is 0 Å². The monoisotopic (exact) mass is 253 g/mol. The van der Waals surface area contributed by atoms with E-state index < -0.39 is 0 Å². The third kappa shape index (κ3) is 4.53. The van der Waals surface area contributed by atoms with Gasteiger partial charge >= 0.3 is 0 Å². The van der Waals surface area contributed by atoms with Crippen LogP contribution in [0.15, 0.2) is 60.7 Å². The van der Waals surface area contributed by atoms with Crippen LogP contribution in [0.25, 0.3) is 0 Å². The summed E-state index contributed by atoms with van der Waals surface area (Å²) in [5, 5.41) is 0. The van der Waals surface area contributed by atoms with Crippen molar-refractivity contribution in [2.24, 2.45) is 0 Å². The Hall–Kier alpha value is -1.60. The SMILES string of the molecule is C[C@H](Cc1ccccc1)N(C)CCc1ccccc1. The molecule has 0 aromatic heterocycles. The Morgan fingerprint density at radius 3 is 1.95 bits per heavy atom. The van der Waals surface area contributed by atoms with Crippen molar-refractivity contribution in [2.75, 3.05) is 13.6 Å². The highest BCUT2D eigenvalue weighted by atomic mass is 15.1. The largest absolute Gasteiger partial charge is 0.303 e. The normalized spacial score (nSPS) is 12.6. The summed E-state index contributed by atoms with van der Waals surface area (Å²) in [5.74, 6) is 0. The number of benzene rings is 2. The lowest BCUT2D eigenvalue weighted by Gasteiger charge is -2.24. The summed E-state index contributed by atoms with van der Waals surface area (Å²) in [4.78, 5) is 2.44. The number of rotatable bonds is 6. The topological polar surface area (TPSA) is 3.24 Å². The van der Waals surface area contributed by atoms with Crippen molar-refractivity contribution in [3.8, 4) is 0 Å². The fraction of sp³-hybridized carbons (Fsp3) is 0.333. The zero-order chi connectivity index (χ0) is 13.5. The lowest BCUT2D eigenvalue weighted by molar-refractivity contribution is 0.259. The molecular weight excluding hydrogens is 230 g/mol. The molecule has 0 bridgehead atoms. The Labute approximate surface area is 116 Å². The summed E-state index contributed by atoms with van der Waals surface area (Å²) < 4.78 is 0. The highest BCUT2D eigenvalue weighted by Gasteiger charge is 2.09. The molecule has 0 saturated heterocycles. The smallest absolute Gasteiger partial charge is 0.0104 e. The molecule has 0 saturated carbocycles. The Bertz CT molecular complexity index is 464. The maximum absolute atomic E-state index is 2.44. The fourth-order valence-corrected chi connectivity index (χ4v) is 2.28. The van der Waals surface area contributed by atoms with E-state index in [-0.39, 0.29) is 0 Å². The lowest BCUT2D eigenvalue weighted by Crippen LogP contribution is -2.32. The molecule has 0 N–H and O–H groups in total. The van der Waals surface area contributed by atoms with Crippen LogP contribution in [0.5, 0.6) is 0 Å².